The SMILES string of the molecule is CCn1cc(Cl)cc1C(=O)N(C)[C@H]1CNC[C@@H]1O. The van der Waals surface area contributed by atoms with Crippen LogP contribution in [0.4, 0.5) is 0 Å². The third kappa shape index (κ3) is 2.39. The van der Waals surface area contributed by atoms with Gasteiger partial charge in [0.25, 0.3) is 5.91 Å². The van der Waals surface area contributed by atoms with Gasteiger partial charge in [0.2, 0.25) is 0 Å². The van der Waals surface area contributed by atoms with E-state index in [-0.39, 0.29) is 11.9 Å². The average Bonchev–Trinajstić information content (AvgIpc) is 2.93. The molecule has 1 aromatic rings. The van der Waals surface area contributed by atoms with Gasteiger partial charge in [-0.3, -0.25) is 4.79 Å². The van der Waals surface area contributed by atoms with Gasteiger partial charge in [0.05, 0.1) is 17.2 Å². The van der Waals surface area contributed by atoms with Crippen molar-refractivity contribution in [3.63, 3.8) is 0 Å². The number of rotatable bonds is 3. The van der Waals surface area contributed by atoms with Crippen molar-refractivity contribution in [1.82, 2.24) is 14.8 Å². The average molecular weight is 272 g/mol. The van der Waals surface area contributed by atoms with Crippen molar-refractivity contribution >= 4 is 17.5 Å². The summed E-state index contributed by atoms with van der Waals surface area (Å²) in [6.07, 6.45) is 1.23. The maximum absolute atomic E-state index is 12.4. The van der Waals surface area contributed by atoms with Gasteiger partial charge in [0.1, 0.15) is 5.69 Å². The van der Waals surface area contributed by atoms with Gasteiger partial charge in [-0.25, -0.2) is 0 Å². The number of aryl methyl sites for hydroxylation is 1. The Labute approximate surface area is 111 Å². The van der Waals surface area contributed by atoms with E-state index in [1.54, 1.807) is 24.2 Å². The molecule has 0 unspecified atom stereocenters. The van der Waals surface area contributed by atoms with Crippen LogP contribution in [0, 0.1) is 0 Å². The number of aliphatic hydroxyl groups excluding tert-OH is 1. The van der Waals surface area contributed by atoms with E-state index in [1.807, 2.05) is 11.5 Å². The topological polar surface area (TPSA) is 57.5 Å². The Morgan fingerprint density at radius 3 is 2.94 bits per heavy atom. The number of nitrogens with one attached hydrogen (secondary N) is 1. The number of β-amino-alcohol motifs (C(OH)–C–C–N with tert-alkyl or cyclic N) is 1. The van der Waals surface area contributed by atoms with Crippen molar-refractivity contribution in [2.24, 2.45) is 0 Å². The molecule has 5 nitrogen and oxygen atoms in total. The first-order valence-corrected chi connectivity index (χ1v) is 6.44. The Kier molecular flexibility index (Phi) is 3.94. The van der Waals surface area contributed by atoms with E-state index >= 15 is 0 Å². The minimum atomic E-state index is -0.514. The number of carbonyl (C=O) groups is 1. The molecule has 1 saturated heterocycles. The van der Waals surface area contributed by atoms with Crippen LogP contribution in [0.5, 0.6) is 0 Å². The van der Waals surface area contributed by atoms with E-state index in [9.17, 15) is 9.90 Å². The van der Waals surface area contributed by atoms with Gasteiger partial charge >= 0.3 is 0 Å². The number of hydrogen-bond donors (Lipinski definition) is 2. The number of aliphatic hydroxyl groups is 1. The molecule has 2 atom stereocenters. The molecule has 2 N–H and O–H groups in total. The molecule has 0 bridgehead atoms. The van der Waals surface area contributed by atoms with Gasteiger partial charge in [0.15, 0.2) is 0 Å². The second-order valence-corrected chi connectivity index (χ2v) is 4.98. The summed E-state index contributed by atoms with van der Waals surface area (Å²) in [4.78, 5) is 14.0. The van der Waals surface area contributed by atoms with Crippen molar-refractivity contribution in [1.29, 1.82) is 0 Å². The number of amides is 1. The molecule has 18 heavy (non-hydrogen) atoms. The molecule has 100 valence electrons. The molecule has 0 aromatic carbocycles. The van der Waals surface area contributed by atoms with Crippen LogP contribution in [0.15, 0.2) is 12.3 Å². The Morgan fingerprint density at radius 2 is 2.39 bits per heavy atom. The quantitative estimate of drug-likeness (QED) is 0.845. The summed E-state index contributed by atoms with van der Waals surface area (Å²) in [5, 5.41) is 13.4. The highest BCUT2D eigenvalue weighted by atomic mass is 35.5. The lowest BCUT2D eigenvalue weighted by atomic mass is 10.2. The van der Waals surface area contributed by atoms with Gasteiger partial charge in [0, 0.05) is 32.9 Å². The molecule has 1 fully saturated rings. The largest absolute Gasteiger partial charge is 0.390 e. The van der Waals surface area contributed by atoms with Crippen LogP contribution in [-0.4, -0.2) is 52.8 Å². The number of aromatic nitrogens is 1. The number of nitrogens with zero attached hydrogens (tertiary/aromatic N) is 2. The van der Waals surface area contributed by atoms with E-state index < -0.39 is 6.10 Å². The number of halogens is 1. The predicted molar refractivity (Wildman–Crippen MR) is 69.9 cm³/mol. The molecular formula is C12H18ClN3O2. The Morgan fingerprint density at radius 1 is 1.67 bits per heavy atom. The minimum absolute atomic E-state index is 0.114. The summed E-state index contributed by atoms with van der Waals surface area (Å²) in [6.45, 7) is 3.79. The normalized spacial score (nSPS) is 23.3. The Hall–Kier alpha value is -1.04. The maximum Gasteiger partial charge on any atom is 0.270 e. The monoisotopic (exact) mass is 271 g/mol. The molecule has 0 saturated carbocycles. The maximum atomic E-state index is 12.4. The number of carbonyl (C=O) groups excluding carboxylic acids is 1. The lowest BCUT2D eigenvalue weighted by molar-refractivity contribution is 0.0571. The lowest BCUT2D eigenvalue weighted by Gasteiger charge is -2.26. The van der Waals surface area contributed by atoms with Crippen molar-refractivity contribution in [3.05, 3.63) is 23.0 Å². The third-order valence-electron chi connectivity index (χ3n) is 3.39. The molecule has 1 aliphatic rings. The van der Waals surface area contributed by atoms with Crippen molar-refractivity contribution in [2.75, 3.05) is 20.1 Å². The first-order valence-electron chi connectivity index (χ1n) is 6.06. The van der Waals surface area contributed by atoms with Crippen LogP contribution >= 0.6 is 11.6 Å². The fourth-order valence-electron chi connectivity index (χ4n) is 2.29. The van der Waals surface area contributed by atoms with E-state index in [1.165, 1.54) is 0 Å². The highest BCUT2D eigenvalue weighted by Crippen LogP contribution is 2.18. The molecule has 1 amide bonds. The van der Waals surface area contributed by atoms with E-state index in [4.69, 9.17) is 11.6 Å². The summed E-state index contributed by atoms with van der Waals surface area (Å²) in [7, 11) is 1.71. The first kappa shape index (κ1) is 13.4. The molecule has 1 aromatic heterocycles. The predicted octanol–water partition coefficient (Wildman–Crippen LogP) is 0.566. The second-order valence-electron chi connectivity index (χ2n) is 4.54. The Balaban J connectivity index is 2.19. The molecular weight excluding hydrogens is 254 g/mol. The molecule has 2 heterocycles. The van der Waals surface area contributed by atoms with Crippen LogP contribution in [0.2, 0.25) is 5.02 Å². The first-order chi connectivity index (χ1) is 8.54. The zero-order valence-electron chi connectivity index (χ0n) is 10.6. The highest BCUT2D eigenvalue weighted by Gasteiger charge is 2.32. The Bertz CT molecular complexity index is 447. The summed E-state index contributed by atoms with van der Waals surface area (Å²) in [6, 6.07) is 1.48. The molecule has 2 rings (SSSR count). The van der Waals surface area contributed by atoms with Gasteiger partial charge in [-0.1, -0.05) is 11.6 Å². The van der Waals surface area contributed by atoms with Crippen molar-refractivity contribution < 1.29 is 9.90 Å². The van der Waals surface area contributed by atoms with E-state index in [2.05, 4.69) is 5.32 Å². The summed E-state index contributed by atoms with van der Waals surface area (Å²) in [5.41, 5.74) is 0.559. The van der Waals surface area contributed by atoms with E-state index in [0.717, 1.165) is 0 Å². The molecule has 1 aliphatic heterocycles. The summed E-state index contributed by atoms with van der Waals surface area (Å²) < 4.78 is 1.82. The van der Waals surface area contributed by atoms with Gasteiger partial charge < -0.3 is 19.9 Å². The van der Waals surface area contributed by atoms with Gasteiger partial charge in [-0.15, -0.1) is 0 Å². The van der Waals surface area contributed by atoms with Crippen LogP contribution < -0.4 is 5.32 Å². The van der Waals surface area contributed by atoms with Crippen LogP contribution in [-0.2, 0) is 6.54 Å². The zero-order valence-corrected chi connectivity index (χ0v) is 11.3. The van der Waals surface area contributed by atoms with Gasteiger partial charge in [-0.05, 0) is 13.0 Å². The smallest absolute Gasteiger partial charge is 0.270 e. The van der Waals surface area contributed by atoms with Gasteiger partial charge in [-0.2, -0.15) is 0 Å². The van der Waals surface area contributed by atoms with E-state index in [0.29, 0.717) is 30.4 Å². The fourth-order valence-corrected chi connectivity index (χ4v) is 2.51. The fraction of sp³-hybridized carbons (Fsp3) is 0.583. The van der Waals surface area contributed by atoms with Crippen LogP contribution in [0.25, 0.3) is 0 Å². The van der Waals surface area contributed by atoms with Crippen LogP contribution in [0.1, 0.15) is 17.4 Å². The molecule has 0 aliphatic carbocycles. The standard InChI is InChI=1S/C12H18ClN3O2/c1-3-16-7-8(13)4-9(16)12(18)15(2)10-5-14-6-11(10)17/h4,7,10-11,14,17H,3,5-6H2,1-2H3/t10-,11-/m0/s1. The zero-order chi connectivity index (χ0) is 13.3. The molecule has 6 heteroatoms. The van der Waals surface area contributed by atoms with Crippen LogP contribution in [0.3, 0.4) is 0 Å². The lowest BCUT2D eigenvalue weighted by Crippen LogP contribution is -2.44. The number of likely N-dealkylation sites (N-methyl/N-ethyl adjacent to an activating group) is 1. The third-order valence-corrected chi connectivity index (χ3v) is 3.60. The minimum Gasteiger partial charge on any atom is -0.390 e. The number of hydrogen-bond acceptors (Lipinski definition) is 3. The molecule has 0 radical (unpaired) electrons. The summed E-state index contributed by atoms with van der Waals surface area (Å²) >= 11 is 5.93. The van der Waals surface area contributed by atoms with Crippen molar-refractivity contribution in [3.8, 4) is 0 Å². The second kappa shape index (κ2) is 5.30. The molecule has 0 spiro atoms. The highest BCUT2D eigenvalue weighted by molar-refractivity contribution is 6.31. The summed E-state index contributed by atoms with van der Waals surface area (Å²) in [5.74, 6) is -0.114. The van der Waals surface area contributed by atoms with Crippen molar-refractivity contribution in [2.45, 2.75) is 25.6 Å².